The van der Waals surface area contributed by atoms with Crippen molar-refractivity contribution in [3.8, 4) is 0 Å². The first-order valence-corrected chi connectivity index (χ1v) is 12.2. The van der Waals surface area contributed by atoms with Crippen molar-refractivity contribution in [2.45, 2.75) is 77.9 Å². The number of fused-ring (bicyclic) bond motifs is 5. The maximum Gasteiger partial charge on any atom is 0.270 e. The van der Waals surface area contributed by atoms with E-state index in [4.69, 9.17) is 5.73 Å². The number of amides is 1. The highest BCUT2D eigenvalue weighted by Gasteiger charge is 2.60. The van der Waals surface area contributed by atoms with Gasteiger partial charge >= 0.3 is 0 Å². The molecular formula is C25H36N4O3. The normalized spacial score (nSPS) is 45.1. The van der Waals surface area contributed by atoms with Gasteiger partial charge in [-0.2, -0.15) is 0 Å². The van der Waals surface area contributed by atoms with Crippen LogP contribution in [0.4, 0.5) is 0 Å². The molecule has 7 nitrogen and oxygen atoms in total. The molecule has 3 N–H and O–H groups in total. The number of hydrogen-bond donors (Lipinski definition) is 2. The van der Waals surface area contributed by atoms with Crippen LogP contribution < -0.4 is 5.73 Å². The number of Topliss-reactive ketones (excluding diaryl/α,β-unsaturated/α-hetero) is 1. The van der Waals surface area contributed by atoms with E-state index in [1.54, 1.807) is 0 Å². The number of aromatic nitrogens is 3. The van der Waals surface area contributed by atoms with Crippen LogP contribution in [0.3, 0.4) is 0 Å². The van der Waals surface area contributed by atoms with Crippen molar-refractivity contribution in [3.63, 3.8) is 0 Å². The van der Waals surface area contributed by atoms with Gasteiger partial charge in [-0.3, -0.25) is 9.59 Å². The second kappa shape index (κ2) is 7.24. The molecule has 1 amide bonds. The molecule has 0 saturated heterocycles. The molecule has 32 heavy (non-hydrogen) atoms. The molecular weight excluding hydrogens is 404 g/mol. The van der Waals surface area contributed by atoms with Gasteiger partial charge in [0.15, 0.2) is 11.5 Å². The minimum atomic E-state index is -0.636. The lowest BCUT2D eigenvalue weighted by Gasteiger charge is -2.61. The maximum atomic E-state index is 13.3. The fraction of sp³-hybridized carbons (Fsp3) is 0.760. The molecule has 1 heterocycles. The number of ketones is 1. The van der Waals surface area contributed by atoms with Crippen molar-refractivity contribution in [1.29, 1.82) is 0 Å². The van der Waals surface area contributed by atoms with Gasteiger partial charge < -0.3 is 10.8 Å². The van der Waals surface area contributed by atoms with E-state index in [1.807, 2.05) is 6.92 Å². The number of aliphatic hydroxyl groups is 1. The molecule has 1 aromatic rings. The zero-order chi connectivity index (χ0) is 22.9. The zero-order valence-corrected chi connectivity index (χ0v) is 19.5. The second-order valence-electron chi connectivity index (χ2n) is 11.8. The van der Waals surface area contributed by atoms with Crippen LogP contribution in [0.2, 0.25) is 0 Å². The van der Waals surface area contributed by atoms with Crippen LogP contribution >= 0.6 is 0 Å². The summed E-state index contributed by atoms with van der Waals surface area (Å²) in [6, 6.07) is 0. The van der Waals surface area contributed by atoms with Crippen molar-refractivity contribution in [2.75, 3.05) is 0 Å². The monoisotopic (exact) mass is 440 g/mol. The molecule has 8 atom stereocenters. The Hall–Kier alpha value is -2.02. The second-order valence-corrected chi connectivity index (χ2v) is 11.8. The molecule has 5 rings (SSSR count). The summed E-state index contributed by atoms with van der Waals surface area (Å²) >= 11 is 0. The molecule has 0 aromatic carbocycles. The molecule has 3 fully saturated rings. The lowest BCUT2D eigenvalue weighted by atomic mass is 9.43. The number of allylic oxidation sites excluding steroid dienone is 2. The fourth-order valence-electron chi connectivity index (χ4n) is 8.11. The Kier molecular flexibility index (Phi) is 4.93. The molecule has 4 aliphatic carbocycles. The van der Waals surface area contributed by atoms with E-state index in [0.717, 1.165) is 32.1 Å². The quantitative estimate of drug-likeness (QED) is 0.699. The van der Waals surface area contributed by atoms with E-state index < -0.39 is 11.5 Å². The van der Waals surface area contributed by atoms with Crippen LogP contribution in [0.15, 0.2) is 18.3 Å². The largest absolute Gasteiger partial charge is 0.390 e. The molecule has 0 radical (unpaired) electrons. The van der Waals surface area contributed by atoms with Gasteiger partial charge in [0, 0.05) is 5.92 Å². The van der Waals surface area contributed by atoms with E-state index in [2.05, 4.69) is 36.3 Å². The topological polar surface area (TPSA) is 111 Å². The number of hydrogen-bond acceptors (Lipinski definition) is 5. The highest BCUT2D eigenvalue weighted by Crippen LogP contribution is 2.66. The lowest BCUT2D eigenvalue weighted by molar-refractivity contribution is -0.147. The highest BCUT2D eigenvalue weighted by atomic mass is 16.3. The van der Waals surface area contributed by atoms with Crippen molar-refractivity contribution in [1.82, 2.24) is 15.0 Å². The van der Waals surface area contributed by atoms with Crippen LogP contribution in [0, 0.1) is 40.4 Å². The Morgan fingerprint density at radius 3 is 2.62 bits per heavy atom. The highest BCUT2D eigenvalue weighted by molar-refractivity contribution is 5.90. The van der Waals surface area contributed by atoms with Crippen molar-refractivity contribution >= 4 is 11.7 Å². The first kappa shape index (κ1) is 21.8. The first-order chi connectivity index (χ1) is 15.0. The molecule has 0 bridgehead atoms. The number of carbonyl (C=O) groups is 2. The van der Waals surface area contributed by atoms with E-state index in [9.17, 15) is 14.7 Å². The Balaban J connectivity index is 1.33. The molecule has 174 valence electrons. The predicted molar refractivity (Wildman–Crippen MR) is 119 cm³/mol. The Morgan fingerprint density at radius 1 is 1.12 bits per heavy atom. The van der Waals surface area contributed by atoms with Gasteiger partial charge in [0.05, 0.1) is 11.8 Å². The van der Waals surface area contributed by atoms with Crippen molar-refractivity contribution in [3.05, 3.63) is 24.0 Å². The molecule has 4 aliphatic rings. The number of nitrogens with two attached hydrogens (primary N) is 1. The number of carbonyl (C=O) groups excluding carboxylic acids is 2. The third-order valence-electron chi connectivity index (χ3n) is 9.93. The molecule has 0 aliphatic heterocycles. The Labute approximate surface area is 189 Å². The van der Waals surface area contributed by atoms with Gasteiger partial charge in [0.25, 0.3) is 5.91 Å². The minimum absolute atomic E-state index is 0.0608. The minimum Gasteiger partial charge on any atom is -0.390 e. The SMILES string of the molecule is C[C@@]1(O)CC[C@@]2(C)[C@H](CC[C@H]3[C@@H]4C=C[C@H](C(=O)Cn5cc(C(N)=O)nn5)[C@@]4(C)CC[C@@H]32)C1. The molecule has 7 heteroatoms. The third-order valence-corrected chi connectivity index (χ3v) is 9.93. The van der Waals surface area contributed by atoms with E-state index in [0.29, 0.717) is 29.1 Å². The van der Waals surface area contributed by atoms with Gasteiger partial charge in [-0.05, 0) is 86.4 Å². The average molecular weight is 441 g/mol. The maximum absolute atomic E-state index is 13.3. The van der Waals surface area contributed by atoms with Crippen molar-refractivity contribution < 1.29 is 14.7 Å². The van der Waals surface area contributed by atoms with Crippen LogP contribution in [-0.4, -0.2) is 37.4 Å². The summed E-state index contributed by atoms with van der Waals surface area (Å²) in [7, 11) is 0. The number of rotatable bonds is 4. The molecule has 1 aromatic heterocycles. The van der Waals surface area contributed by atoms with Gasteiger partial charge in [-0.15, -0.1) is 5.10 Å². The lowest BCUT2D eigenvalue weighted by Crippen LogP contribution is -2.56. The average Bonchev–Trinajstić information content (AvgIpc) is 3.32. The predicted octanol–water partition coefficient (Wildman–Crippen LogP) is 3.13. The summed E-state index contributed by atoms with van der Waals surface area (Å²) in [4.78, 5) is 24.6. The van der Waals surface area contributed by atoms with Crippen LogP contribution in [0.1, 0.15) is 76.2 Å². The van der Waals surface area contributed by atoms with Crippen LogP contribution in [0.25, 0.3) is 0 Å². The smallest absolute Gasteiger partial charge is 0.270 e. The number of primary amides is 1. The van der Waals surface area contributed by atoms with E-state index in [-0.39, 0.29) is 29.4 Å². The summed E-state index contributed by atoms with van der Waals surface area (Å²) < 4.78 is 1.43. The van der Waals surface area contributed by atoms with Gasteiger partial charge in [0.2, 0.25) is 0 Å². The number of nitrogens with zero attached hydrogens (tertiary/aromatic N) is 3. The van der Waals surface area contributed by atoms with Crippen molar-refractivity contribution in [2.24, 2.45) is 46.2 Å². The van der Waals surface area contributed by atoms with Crippen LogP contribution in [0.5, 0.6) is 0 Å². The zero-order valence-electron chi connectivity index (χ0n) is 19.5. The third kappa shape index (κ3) is 3.27. The standard InChI is InChI=1S/C25H36N4O3/c1-23(32)10-11-24(2)15(12-23)4-5-16-17-6-7-19(25(17,3)9-8-18(16)24)21(30)14-29-13-20(22(26)31)27-28-29/h6-7,13,15-19,32H,4-5,8-12,14H2,1-3H3,(H2,26,31)/t15-,16+,17+,18+,19-,23-,24+,25+/m1/s1. The first-order valence-electron chi connectivity index (χ1n) is 12.2. The Bertz CT molecular complexity index is 968. The molecule has 3 saturated carbocycles. The summed E-state index contributed by atoms with van der Waals surface area (Å²) in [5.74, 6) is 1.66. The van der Waals surface area contributed by atoms with E-state index >= 15 is 0 Å². The van der Waals surface area contributed by atoms with Gasteiger partial charge in [-0.1, -0.05) is 31.2 Å². The van der Waals surface area contributed by atoms with E-state index in [1.165, 1.54) is 23.7 Å². The summed E-state index contributed by atoms with van der Waals surface area (Å²) in [6.45, 7) is 6.90. The summed E-state index contributed by atoms with van der Waals surface area (Å²) in [5.41, 5.74) is 5.07. The van der Waals surface area contributed by atoms with Gasteiger partial charge in [0.1, 0.15) is 6.54 Å². The fourth-order valence-corrected chi connectivity index (χ4v) is 8.11. The van der Waals surface area contributed by atoms with Crippen LogP contribution in [-0.2, 0) is 11.3 Å². The van der Waals surface area contributed by atoms with Gasteiger partial charge in [-0.25, -0.2) is 4.68 Å². The summed E-state index contributed by atoms with van der Waals surface area (Å²) in [5, 5.41) is 18.3. The Morgan fingerprint density at radius 2 is 1.91 bits per heavy atom. The molecule has 0 spiro atoms. The summed E-state index contributed by atoms with van der Waals surface area (Å²) in [6.07, 6.45) is 13.4. The molecule has 0 unspecified atom stereocenters.